The standard InChI is InChI=1S/C26H26FN5O4.ClH/c1-30-8-10-31(11-9-30)23-13-22-19(12-21(23)27)24(33)20(15-32(22)17-6-7-17)25(34)29-28-14-16-4-2-3-5-18(16)26(35)36;/h2-5,12-15,17H,6-11H2,1H3,(H,29,34)(H,35,36);1H/b28-14-;. The van der Waals surface area contributed by atoms with Crippen LogP contribution in [0.4, 0.5) is 10.1 Å². The van der Waals surface area contributed by atoms with Gasteiger partial charge in [-0.15, -0.1) is 12.4 Å². The van der Waals surface area contributed by atoms with E-state index in [-0.39, 0.29) is 35.0 Å². The number of carboxylic acid groups (broad SMARTS) is 1. The van der Waals surface area contributed by atoms with Crippen molar-refractivity contribution < 1.29 is 19.1 Å². The molecule has 2 heterocycles. The molecule has 0 spiro atoms. The fraction of sp³-hybridized carbons (Fsp3) is 0.308. The maximum atomic E-state index is 15.2. The monoisotopic (exact) mass is 527 g/mol. The molecule has 0 bridgehead atoms. The zero-order valence-electron chi connectivity index (χ0n) is 20.2. The number of rotatable bonds is 6. The Hall–Kier alpha value is -3.76. The third kappa shape index (κ3) is 5.35. The molecule has 2 fully saturated rings. The molecular formula is C26H27ClFN5O4. The molecule has 0 radical (unpaired) electrons. The van der Waals surface area contributed by atoms with Gasteiger partial charge in [-0.25, -0.2) is 14.6 Å². The quantitative estimate of drug-likeness (QED) is 0.377. The van der Waals surface area contributed by atoms with Crippen LogP contribution in [0, 0.1) is 5.82 Å². The fourth-order valence-corrected chi connectivity index (χ4v) is 4.49. The summed E-state index contributed by atoms with van der Waals surface area (Å²) < 4.78 is 17.1. The van der Waals surface area contributed by atoms with Gasteiger partial charge < -0.3 is 19.5 Å². The molecule has 2 aromatic carbocycles. The highest BCUT2D eigenvalue weighted by atomic mass is 35.5. The number of carbonyl (C=O) groups excluding carboxylic acids is 1. The lowest BCUT2D eigenvalue weighted by atomic mass is 10.1. The van der Waals surface area contributed by atoms with Crippen LogP contribution >= 0.6 is 12.4 Å². The molecule has 0 unspecified atom stereocenters. The number of likely N-dealkylation sites (N-methyl/N-ethyl adjacent to an activating group) is 1. The maximum absolute atomic E-state index is 15.2. The Morgan fingerprint density at radius 1 is 1.11 bits per heavy atom. The van der Waals surface area contributed by atoms with Crippen molar-refractivity contribution in [3.8, 4) is 0 Å². The second-order valence-electron chi connectivity index (χ2n) is 9.21. The van der Waals surface area contributed by atoms with Crippen LogP contribution in [-0.4, -0.2) is 65.9 Å². The number of amides is 1. The van der Waals surface area contributed by atoms with Gasteiger partial charge in [-0.05, 0) is 38.1 Å². The van der Waals surface area contributed by atoms with Crippen LogP contribution in [-0.2, 0) is 0 Å². The van der Waals surface area contributed by atoms with Gasteiger partial charge in [-0.1, -0.05) is 18.2 Å². The third-order valence-corrected chi connectivity index (χ3v) is 6.69. The Labute approximate surface area is 218 Å². The molecule has 3 aromatic rings. The second kappa shape index (κ2) is 10.7. The Kier molecular flexibility index (Phi) is 7.60. The van der Waals surface area contributed by atoms with E-state index >= 15 is 4.39 Å². The number of anilines is 1. The Balaban J connectivity index is 0.00000320. The average molecular weight is 528 g/mol. The molecule has 1 aliphatic heterocycles. The van der Waals surface area contributed by atoms with Crippen molar-refractivity contribution in [2.75, 3.05) is 38.1 Å². The van der Waals surface area contributed by atoms with Crippen LogP contribution in [0.3, 0.4) is 0 Å². The minimum atomic E-state index is -1.12. The van der Waals surface area contributed by atoms with E-state index in [1.165, 1.54) is 24.5 Å². The van der Waals surface area contributed by atoms with Crippen LogP contribution < -0.4 is 15.8 Å². The van der Waals surface area contributed by atoms with Crippen LogP contribution in [0.2, 0.25) is 0 Å². The summed E-state index contributed by atoms with van der Waals surface area (Å²) in [6, 6.07) is 9.30. The van der Waals surface area contributed by atoms with Gasteiger partial charge in [-0.3, -0.25) is 9.59 Å². The molecule has 194 valence electrons. The molecule has 5 rings (SSSR count). The summed E-state index contributed by atoms with van der Waals surface area (Å²) >= 11 is 0. The molecule has 1 aromatic heterocycles. The highest BCUT2D eigenvalue weighted by Gasteiger charge is 2.28. The first-order valence-electron chi connectivity index (χ1n) is 11.8. The number of hydrogen-bond acceptors (Lipinski definition) is 6. The summed E-state index contributed by atoms with van der Waals surface area (Å²) in [5, 5.41) is 13.3. The molecule has 1 aliphatic carbocycles. The van der Waals surface area contributed by atoms with Crippen LogP contribution in [0.15, 0.2) is 52.5 Å². The van der Waals surface area contributed by atoms with Crippen molar-refractivity contribution in [3.63, 3.8) is 0 Å². The number of pyridine rings is 1. The number of aromatic nitrogens is 1. The number of piperazine rings is 1. The number of fused-ring (bicyclic) bond motifs is 1. The van der Waals surface area contributed by atoms with E-state index in [9.17, 15) is 19.5 Å². The van der Waals surface area contributed by atoms with Crippen molar-refractivity contribution in [2.24, 2.45) is 5.10 Å². The molecule has 11 heteroatoms. The SMILES string of the molecule is CN1CCN(c2cc3c(cc2F)c(=O)c(C(=O)N/N=C\c2ccccc2C(=O)O)cn3C2CC2)CC1.Cl. The number of hydrazone groups is 1. The number of aromatic carboxylic acids is 1. The lowest BCUT2D eigenvalue weighted by molar-refractivity contribution is 0.0696. The first-order valence-corrected chi connectivity index (χ1v) is 11.8. The van der Waals surface area contributed by atoms with E-state index in [0.29, 0.717) is 29.9 Å². The summed E-state index contributed by atoms with van der Waals surface area (Å²) in [7, 11) is 2.03. The molecule has 1 saturated heterocycles. The zero-order valence-corrected chi connectivity index (χ0v) is 21.0. The lowest BCUT2D eigenvalue weighted by Gasteiger charge is -2.34. The largest absolute Gasteiger partial charge is 0.478 e. The molecular weight excluding hydrogens is 501 g/mol. The van der Waals surface area contributed by atoms with Crippen LogP contribution in [0.25, 0.3) is 10.9 Å². The molecule has 9 nitrogen and oxygen atoms in total. The van der Waals surface area contributed by atoms with Crippen molar-refractivity contribution in [2.45, 2.75) is 18.9 Å². The Morgan fingerprint density at radius 2 is 1.81 bits per heavy atom. The smallest absolute Gasteiger partial charge is 0.336 e. The maximum Gasteiger partial charge on any atom is 0.336 e. The van der Waals surface area contributed by atoms with Gasteiger partial charge in [0.25, 0.3) is 5.91 Å². The van der Waals surface area contributed by atoms with Crippen molar-refractivity contribution >= 4 is 47.1 Å². The number of halogens is 2. The van der Waals surface area contributed by atoms with Gasteiger partial charge in [-0.2, -0.15) is 5.10 Å². The van der Waals surface area contributed by atoms with E-state index in [4.69, 9.17) is 0 Å². The van der Waals surface area contributed by atoms with E-state index < -0.39 is 23.1 Å². The van der Waals surface area contributed by atoms with Crippen molar-refractivity contribution in [1.82, 2.24) is 14.9 Å². The topological polar surface area (TPSA) is 107 Å². The summed E-state index contributed by atoms with van der Waals surface area (Å²) in [5.41, 5.74) is 2.98. The van der Waals surface area contributed by atoms with Crippen LogP contribution in [0.5, 0.6) is 0 Å². The molecule has 37 heavy (non-hydrogen) atoms. The predicted octanol–water partition coefficient (Wildman–Crippen LogP) is 3.11. The van der Waals surface area contributed by atoms with Gasteiger partial charge in [0.1, 0.15) is 11.4 Å². The Morgan fingerprint density at radius 3 is 2.49 bits per heavy atom. The van der Waals surface area contributed by atoms with E-state index in [0.717, 1.165) is 25.9 Å². The van der Waals surface area contributed by atoms with Crippen molar-refractivity contribution in [3.05, 3.63) is 75.3 Å². The predicted molar refractivity (Wildman–Crippen MR) is 142 cm³/mol. The number of nitrogens with one attached hydrogen (secondary N) is 1. The number of benzene rings is 2. The van der Waals surface area contributed by atoms with Crippen LogP contribution in [0.1, 0.15) is 45.2 Å². The molecule has 1 saturated carbocycles. The molecule has 2 aliphatic rings. The summed E-state index contributed by atoms with van der Waals surface area (Å²) in [5.74, 6) is -2.36. The lowest BCUT2D eigenvalue weighted by Crippen LogP contribution is -2.44. The first kappa shape index (κ1) is 26.3. The summed E-state index contributed by atoms with van der Waals surface area (Å²) in [6.07, 6.45) is 4.54. The molecule has 1 amide bonds. The number of carbonyl (C=O) groups is 2. The van der Waals surface area contributed by atoms with Gasteiger partial charge in [0.2, 0.25) is 5.43 Å². The number of nitrogens with zero attached hydrogens (tertiary/aromatic N) is 4. The Bertz CT molecular complexity index is 1440. The minimum Gasteiger partial charge on any atom is -0.478 e. The third-order valence-electron chi connectivity index (χ3n) is 6.69. The molecule has 0 atom stereocenters. The van der Waals surface area contributed by atoms with Gasteiger partial charge in [0, 0.05) is 49.4 Å². The van der Waals surface area contributed by atoms with Gasteiger partial charge >= 0.3 is 5.97 Å². The zero-order chi connectivity index (χ0) is 25.4. The fourth-order valence-electron chi connectivity index (χ4n) is 4.49. The minimum absolute atomic E-state index is 0. The molecule has 2 N–H and O–H groups in total. The van der Waals surface area contributed by atoms with E-state index in [1.807, 2.05) is 16.5 Å². The number of carboxylic acids is 1. The van der Waals surface area contributed by atoms with Crippen molar-refractivity contribution in [1.29, 1.82) is 0 Å². The van der Waals surface area contributed by atoms with E-state index in [2.05, 4.69) is 15.4 Å². The van der Waals surface area contributed by atoms with Gasteiger partial charge in [0.15, 0.2) is 0 Å². The van der Waals surface area contributed by atoms with Gasteiger partial charge in [0.05, 0.1) is 23.0 Å². The summed E-state index contributed by atoms with van der Waals surface area (Å²) in [6.45, 7) is 3.03. The summed E-state index contributed by atoms with van der Waals surface area (Å²) in [4.78, 5) is 41.6. The normalized spacial score (nSPS) is 16.1. The second-order valence-corrected chi connectivity index (χ2v) is 9.21. The first-order chi connectivity index (χ1) is 17.3. The number of hydrogen-bond donors (Lipinski definition) is 2. The highest BCUT2D eigenvalue weighted by Crippen LogP contribution is 2.38. The highest BCUT2D eigenvalue weighted by molar-refractivity contribution is 6.00. The van der Waals surface area contributed by atoms with E-state index in [1.54, 1.807) is 24.3 Å². The average Bonchev–Trinajstić information content (AvgIpc) is 3.70.